The molecule has 0 amide bonds. The minimum Gasteiger partial charge on any atom is -0.780 e. The van der Waals surface area contributed by atoms with Crippen LogP contribution in [0.25, 0.3) is 0 Å². The molecule has 0 aliphatic heterocycles. The second-order valence-electron chi connectivity index (χ2n) is 2.65. The molecule has 15 heavy (non-hydrogen) atoms. The number of para-hydroxylation sites is 1. The summed E-state index contributed by atoms with van der Waals surface area (Å²) in [6, 6.07) is 18.3. The molecule has 1 nitrogen and oxygen atoms in total. The van der Waals surface area contributed by atoms with E-state index in [0.717, 1.165) is 4.90 Å². The van der Waals surface area contributed by atoms with E-state index in [1.165, 1.54) is 0 Å². The summed E-state index contributed by atoms with van der Waals surface area (Å²) in [5, 5.41) is 8.63. The van der Waals surface area contributed by atoms with Gasteiger partial charge in [-0.2, -0.15) is 4.90 Å². The second-order valence-corrected chi connectivity index (χ2v) is 3.12. The quantitative estimate of drug-likeness (QED) is 0.573. The fraction of sp³-hybridized carbons (Fsp3) is 0. The molecular formula is C12H11OSTi-. The van der Waals surface area contributed by atoms with Crippen molar-refractivity contribution >= 4 is 12.6 Å². The SMILES string of the molecule is Oc1ccccc1.[S-]c1ccccc1.[Ti]. The molecule has 76 valence electrons. The number of rotatable bonds is 0. The van der Waals surface area contributed by atoms with Crippen LogP contribution in [0, 0.1) is 0 Å². The van der Waals surface area contributed by atoms with Crippen LogP contribution in [0.3, 0.4) is 0 Å². The van der Waals surface area contributed by atoms with Crippen molar-refractivity contribution in [2.75, 3.05) is 0 Å². The molecule has 0 bridgehead atoms. The van der Waals surface area contributed by atoms with Crippen molar-refractivity contribution in [3.63, 3.8) is 0 Å². The second kappa shape index (κ2) is 8.48. The maximum atomic E-state index is 8.63. The molecule has 0 aliphatic carbocycles. The van der Waals surface area contributed by atoms with E-state index in [9.17, 15) is 0 Å². The van der Waals surface area contributed by atoms with Crippen molar-refractivity contribution < 1.29 is 26.8 Å². The summed E-state index contributed by atoms with van der Waals surface area (Å²) >= 11 is 4.81. The third kappa shape index (κ3) is 7.14. The van der Waals surface area contributed by atoms with Gasteiger partial charge in [0.2, 0.25) is 0 Å². The first-order valence-electron chi connectivity index (χ1n) is 4.25. The summed E-state index contributed by atoms with van der Waals surface area (Å²) in [6.45, 7) is 0. The molecule has 2 rings (SSSR count). The van der Waals surface area contributed by atoms with Crippen molar-refractivity contribution in [1.29, 1.82) is 0 Å². The van der Waals surface area contributed by atoms with Crippen molar-refractivity contribution in [2.45, 2.75) is 4.90 Å². The van der Waals surface area contributed by atoms with Gasteiger partial charge in [-0.1, -0.05) is 48.5 Å². The summed E-state index contributed by atoms with van der Waals surface area (Å²) < 4.78 is 0. The minimum absolute atomic E-state index is 0. The summed E-state index contributed by atoms with van der Waals surface area (Å²) in [5.74, 6) is 0.322. The van der Waals surface area contributed by atoms with Gasteiger partial charge in [0.15, 0.2) is 0 Å². The van der Waals surface area contributed by atoms with Crippen LogP contribution in [-0.4, -0.2) is 5.11 Å². The van der Waals surface area contributed by atoms with Gasteiger partial charge < -0.3 is 17.7 Å². The maximum absolute atomic E-state index is 8.63. The number of hydrogen-bond donors (Lipinski definition) is 1. The molecular weight excluding hydrogens is 240 g/mol. The summed E-state index contributed by atoms with van der Waals surface area (Å²) in [6.07, 6.45) is 0. The molecule has 0 fully saturated rings. The Labute approximate surface area is 110 Å². The summed E-state index contributed by atoms with van der Waals surface area (Å²) in [5.41, 5.74) is 0. The zero-order valence-corrected chi connectivity index (χ0v) is 10.5. The van der Waals surface area contributed by atoms with Crippen LogP contribution in [-0.2, 0) is 34.3 Å². The zero-order chi connectivity index (χ0) is 10.2. The van der Waals surface area contributed by atoms with E-state index in [0.29, 0.717) is 5.75 Å². The van der Waals surface area contributed by atoms with Gasteiger partial charge in [0.25, 0.3) is 0 Å². The molecule has 0 heterocycles. The Kier molecular flexibility index (Phi) is 8.01. The Morgan fingerprint density at radius 2 is 1.13 bits per heavy atom. The van der Waals surface area contributed by atoms with E-state index in [2.05, 4.69) is 0 Å². The van der Waals surface area contributed by atoms with Gasteiger partial charge in [-0.15, -0.1) is 0 Å². The Balaban J connectivity index is 0.000000245. The molecule has 3 heteroatoms. The van der Waals surface area contributed by atoms with Crippen LogP contribution < -0.4 is 0 Å². The van der Waals surface area contributed by atoms with Crippen LogP contribution in [0.2, 0.25) is 0 Å². The van der Waals surface area contributed by atoms with Crippen molar-refractivity contribution in [2.24, 2.45) is 0 Å². The van der Waals surface area contributed by atoms with Crippen molar-refractivity contribution in [1.82, 2.24) is 0 Å². The van der Waals surface area contributed by atoms with Crippen molar-refractivity contribution in [3.8, 4) is 5.75 Å². The number of hydrogen-bond acceptors (Lipinski definition) is 2. The molecule has 0 saturated heterocycles. The van der Waals surface area contributed by atoms with E-state index < -0.39 is 0 Å². The van der Waals surface area contributed by atoms with E-state index >= 15 is 0 Å². The number of phenolic OH excluding ortho intramolecular Hbond substituents is 1. The minimum atomic E-state index is 0. The largest absolute Gasteiger partial charge is 0.780 e. The molecule has 2 aromatic carbocycles. The number of aromatic hydroxyl groups is 1. The van der Waals surface area contributed by atoms with E-state index in [-0.39, 0.29) is 21.7 Å². The fourth-order valence-electron chi connectivity index (χ4n) is 0.848. The molecule has 0 spiro atoms. The predicted molar refractivity (Wildman–Crippen MR) is 60.2 cm³/mol. The number of phenols is 1. The monoisotopic (exact) mass is 251 g/mol. The molecule has 0 radical (unpaired) electrons. The van der Waals surface area contributed by atoms with Gasteiger partial charge in [-0.05, 0) is 12.1 Å². The molecule has 0 saturated carbocycles. The summed E-state index contributed by atoms with van der Waals surface area (Å²) in [4.78, 5) is 0.905. The molecule has 2 aromatic rings. The number of benzene rings is 2. The summed E-state index contributed by atoms with van der Waals surface area (Å²) in [7, 11) is 0. The first-order valence-corrected chi connectivity index (χ1v) is 4.66. The van der Waals surface area contributed by atoms with E-state index in [4.69, 9.17) is 17.7 Å². The van der Waals surface area contributed by atoms with Crippen LogP contribution >= 0.6 is 0 Å². The maximum Gasteiger partial charge on any atom is 0.115 e. The average Bonchev–Trinajstić information content (AvgIpc) is 2.21. The van der Waals surface area contributed by atoms with Gasteiger partial charge in [-0.25, -0.2) is 0 Å². The zero-order valence-electron chi connectivity index (χ0n) is 8.13. The molecule has 0 aliphatic rings. The van der Waals surface area contributed by atoms with Gasteiger partial charge in [0, 0.05) is 21.7 Å². The molecule has 0 aromatic heterocycles. The van der Waals surface area contributed by atoms with E-state index in [1.54, 1.807) is 24.3 Å². The molecule has 0 atom stereocenters. The van der Waals surface area contributed by atoms with Crippen LogP contribution in [0.15, 0.2) is 65.6 Å². The normalized spacial score (nSPS) is 8.00. The first kappa shape index (κ1) is 14.2. The smallest absolute Gasteiger partial charge is 0.115 e. The van der Waals surface area contributed by atoms with Crippen LogP contribution in [0.1, 0.15) is 0 Å². The Bertz CT molecular complexity index is 313. The van der Waals surface area contributed by atoms with Gasteiger partial charge in [0.05, 0.1) is 0 Å². The van der Waals surface area contributed by atoms with Crippen molar-refractivity contribution in [3.05, 3.63) is 60.7 Å². The van der Waals surface area contributed by atoms with Gasteiger partial charge >= 0.3 is 0 Å². The topological polar surface area (TPSA) is 20.2 Å². The van der Waals surface area contributed by atoms with Crippen LogP contribution in [0.4, 0.5) is 0 Å². The third-order valence-electron chi connectivity index (χ3n) is 1.50. The Morgan fingerprint density at radius 1 is 0.733 bits per heavy atom. The first-order chi connectivity index (χ1) is 6.79. The third-order valence-corrected chi connectivity index (χ3v) is 1.77. The predicted octanol–water partition coefficient (Wildman–Crippen LogP) is 2.98. The van der Waals surface area contributed by atoms with Gasteiger partial charge in [-0.3, -0.25) is 0 Å². The fourth-order valence-corrected chi connectivity index (χ4v) is 1.01. The van der Waals surface area contributed by atoms with Crippen LogP contribution in [0.5, 0.6) is 5.75 Å². The van der Waals surface area contributed by atoms with E-state index in [1.807, 2.05) is 36.4 Å². The Hall–Kier alpha value is -0.826. The standard InChI is InChI=1S/C6H6O.C6H6S.Ti/c2*7-6-4-2-1-3-5-6;/h2*1-5,7H;/p-1. The Morgan fingerprint density at radius 3 is 1.33 bits per heavy atom. The molecule has 1 N–H and O–H groups in total. The van der Waals surface area contributed by atoms with Gasteiger partial charge in [0.1, 0.15) is 5.75 Å². The molecule has 0 unspecified atom stereocenters. The average molecular weight is 251 g/mol.